The van der Waals surface area contributed by atoms with Gasteiger partial charge in [0.2, 0.25) is 0 Å². The van der Waals surface area contributed by atoms with Crippen LogP contribution in [0, 0.1) is 12.8 Å². The molecule has 0 radical (unpaired) electrons. The first-order valence-corrected chi connectivity index (χ1v) is 5.90. The van der Waals surface area contributed by atoms with Gasteiger partial charge >= 0.3 is 0 Å². The van der Waals surface area contributed by atoms with Crippen LogP contribution in [-0.2, 0) is 4.74 Å². The molecule has 1 saturated heterocycles. The van der Waals surface area contributed by atoms with E-state index in [1.54, 1.807) is 0 Å². The molecular formula is C10H13ClOS. The molecule has 0 saturated carbocycles. The Hall–Kier alpha value is -0.0500. The van der Waals surface area contributed by atoms with Gasteiger partial charge in [0.1, 0.15) is 0 Å². The van der Waals surface area contributed by atoms with Crippen LogP contribution < -0.4 is 0 Å². The van der Waals surface area contributed by atoms with E-state index in [4.69, 9.17) is 16.3 Å². The topological polar surface area (TPSA) is 9.23 Å². The number of hydrogen-bond donors (Lipinski definition) is 0. The molecule has 1 aliphatic heterocycles. The Morgan fingerprint density at radius 3 is 3.08 bits per heavy atom. The van der Waals surface area contributed by atoms with Gasteiger partial charge in [0.05, 0.1) is 6.10 Å². The lowest BCUT2D eigenvalue weighted by molar-refractivity contribution is 0.0980. The summed E-state index contributed by atoms with van der Waals surface area (Å²) >= 11 is 7.70. The third-order valence-electron chi connectivity index (χ3n) is 2.45. The van der Waals surface area contributed by atoms with Gasteiger partial charge in [0.15, 0.2) is 0 Å². The molecule has 2 heterocycles. The average molecular weight is 217 g/mol. The normalized spacial score (nSPS) is 28.2. The molecule has 0 amide bonds. The first-order valence-electron chi connectivity index (χ1n) is 4.55. The van der Waals surface area contributed by atoms with Crippen LogP contribution >= 0.6 is 22.9 Å². The Morgan fingerprint density at radius 1 is 1.62 bits per heavy atom. The van der Waals surface area contributed by atoms with Crippen molar-refractivity contribution < 1.29 is 4.74 Å². The van der Waals surface area contributed by atoms with Crippen molar-refractivity contribution in [2.45, 2.75) is 19.4 Å². The molecule has 0 spiro atoms. The number of halogens is 1. The maximum Gasteiger partial charge on any atom is 0.0957 e. The monoisotopic (exact) mass is 216 g/mol. The van der Waals surface area contributed by atoms with Crippen molar-refractivity contribution >= 4 is 22.9 Å². The van der Waals surface area contributed by atoms with Crippen molar-refractivity contribution in [1.82, 2.24) is 0 Å². The van der Waals surface area contributed by atoms with Crippen LogP contribution in [0.5, 0.6) is 0 Å². The molecule has 0 bridgehead atoms. The number of alkyl halides is 1. The number of ether oxygens (including phenoxy) is 1. The van der Waals surface area contributed by atoms with E-state index in [0.29, 0.717) is 11.8 Å². The van der Waals surface area contributed by atoms with Gasteiger partial charge in [-0.1, -0.05) is 0 Å². The molecule has 2 unspecified atom stereocenters. The van der Waals surface area contributed by atoms with Crippen LogP contribution in [0.3, 0.4) is 0 Å². The molecule has 1 nitrogen and oxygen atoms in total. The molecule has 1 aliphatic rings. The summed E-state index contributed by atoms with van der Waals surface area (Å²) in [5, 5.41) is 0. The van der Waals surface area contributed by atoms with Gasteiger partial charge < -0.3 is 4.74 Å². The highest BCUT2D eigenvalue weighted by molar-refractivity contribution is 7.12. The molecule has 72 valence electrons. The second-order valence-corrected chi connectivity index (χ2v) is 5.07. The number of hydrogen-bond acceptors (Lipinski definition) is 2. The minimum Gasteiger partial charge on any atom is -0.372 e. The summed E-state index contributed by atoms with van der Waals surface area (Å²) in [6.45, 7) is 2.98. The maximum absolute atomic E-state index is 5.88. The second kappa shape index (κ2) is 3.99. The van der Waals surface area contributed by atoms with E-state index < -0.39 is 0 Å². The molecule has 1 aromatic rings. The summed E-state index contributed by atoms with van der Waals surface area (Å²) in [7, 11) is 0. The third kappa shape index (κ3) is 1.90. The Labute approximate surface area is 87.7 Å². The van der Waals surface area contributed by atoms with Crippen molar-refractivity contribution in [3.8, 4) is 0 Å². The zero-order valence-electron chi connectivity index (χ0n) is 7.63. The predicted molar refractivity (Wildman–Crippen MR) is 56.6 cm³/mol. The van der Waals surface area contributed by atoms with E-state index in [0.717, 1.165) is 13.0 Å². The van der Waals surface area contributed by atoms with Crippen molar-refractivity contribution in [2.75, 3.05) is 12.5 Å². The zero-order valence-corrected chi connectivity index (χ0v) is 9.20. The smallest absolute Gasteiger partial charge is 0.0957 e. The van der Waals surface area contributed by atoms with Crippen LogP contribution in [0.2, 0.25) is 0 Å². The number of thiophene rings is 1. The van der Waals surface area contributed by atoms with E-state index in [2.05, 4.69) is 19.1 Å². The van der Waals surface area contributed by atoms with E-state index in [1.165, 1.54) is 9.75 Å². The van der Waals surface area contributed by atoms with Gasteiger partial charge in [0.25, 0.3) is 0 Å². The standard InChI is InChI=1S/C10H13ClOS/c1-7-2-3-9(13-7)10-8(6-11)4-5-12-10/h2-3,8,10H,4-6H2,1H3. The molecule has 0 aromatic carbocycles. The van der Waals surface area contributed by atoms with Crippen LogP contribution in [0.1, 0.15) is 22.3 Å². The Balaban J connectivity index is 2.15. The predicted octanol–water partition coefficient (Wildman–Crippen LogP) is 3.37. The minimum atomic E-state index is 0.260. The fourth-order valence-electron chi connectivity index (χ4n) is 1.71. The quantitative estimate of drug-likeness (QED) is 0.689. The molecule has 2 atom stereocenters. The van der Waals surface area contributed by atoms with E-state index in [9.17, 15) is 0 Å². The molecule has 3 heteroatoms. The minimum absolute atomic E-state index is 0.260. The molecule has 1 aromatic heterocycles. The molecule has 2 rings (SSSR count). The van der Waals surface area contributed by atoms with E-state index in [1.807, 2.05) is 11.3 Å². The summed E-state index contributed by atoms with van der Waals surface area (Å²) in [5.41, 5.74) is 0. The Kier molecular flexibility index (Phi) is 2.92. The lowest BCUT2D eigenvalue weighted by Crippen LogP contribution is -2.06. The molecule has 0 N–H and O–H groups in total. The Bertz CT molecular complexity index is 284. The van der Waals surface area contributed by atoms with Gasteiger partial charge in [-0.3, -0.25) is 0 Å². The van der Waals surface area contributed by atoms with Crippen LogP contribution in [-0.4, -0.2) is 12.5 Å². The summed E-state index contributed by atoms with van der Waals surface area (Å²) < 4.78 is 5.68. The van der Waals surface area contributed by atoms with E-state index >= 15 is 0 Å². The highest BCUT2D eigenvalue weighted by Crippen LogP contribution is 2.38. The fourth-order valence-corrected chi connectivity index (χ4v) is 3.05. The lowest BCUT2D eigenvalue weighted by Gasteiger charge is -2.13. The van der Waals surface area contributed by atoms with Crippen LogP contribution in [0.25, 0.3) is 0 Å². The first-order chi connectivity index (χ1) is 6.31. The summed E-state index contributed by atoms with van der Waals surface area (Å²) in [6.07, 6.45) is 1.36. The Morgan fingerprint density at radius 2 is 2.46 bits per heavy atom. The fraction of sp³-hybridized carbons (Fsp3) is 0.600. The number of aryl methyl sites for hydroxylation is 1. The van der Waals surface area contributed by atoms with Gasteiger partial charge in [-0.25, -0.2) is 0 Å². The number of rotatable bonds is 2. The highest BCUT2D eigenvalue weighted by atomic mass is 35.5. The molecular weight excluding hydrogens is 204 g/mol. The maximum atomic E-state index is 5.88. The largest absolute Gasteiger partial charge is 0.372 e. The van der Waals surface area contributed by atoms with Crippen molar-refractivity contribution in [3.63, 3.8) is 0 Å². The first kappa shape index (κ1) is 9.50. The van der Waals surface area contributed by atoms with Crippen molar-refractivity contribution in [2.24, 2.45) is 5.92 Å². The SMILES string of the molecule is Cc1ccc(C2OCCC2CCl)s1. The van der Waals surface area contributed by atoms with Gasteiger partial charge in [-0.2, -0.15) is 0 Å². The lowest BCUT2D eigenvalue weighted by atomic mass is 10.0. The second-order valence-electron chi connectivity index (χ2n) is 3.44. The van der Waals surface area contributed by atoms with Crippen molar-refractivity contribution in [3.05, 3.63) is 21.9 Å². The molecule has 1 fully saturated rings. The van der Waals surface area contributed by atoms with Gasteiger partial charge in [-0.15, -0.1) is 22.9 Å². The highest BCUT2D eigenvalue weighted by Gasteiger charge is 2.29. The van der Waals surface area contributed by atoms with Crippen LogP contribution in [0.15, 0.2) is 12.1 Å². The summed E-state index contributed by atoms with van der Waals surface area (Å²) in [4.78, 5) is 2.68. The third-order valence-corrected chi connectivity index (χ3v) is 3.91. The van der Waals surface area contributed by atoms with Crippen LogP contribution in [0.4, 0.5) is 0 Å². The molecule has 13 heavy (non-hydrogen) atoms. The summed E-state index contributed by atoms with van der Waals surface area (Å²) in [5.74, 6) is 1.22. The summed E-state index contributed by atoms with van der Waals surface area (Å²) in [6, 6.07) is 4.31. The molecule has 0 aliphatic carbocycles. The average Bonchev–Trinajstić information content (AvgIpc) is 2.71. The van der Waals surface area contributed by atoms with Gasteiger partial charge in [0, 0.05) is 28.2 Å². The van der Waals surface area contributed by atoms with Crippen molar-refractivity contribution in [1.29, 1.82) is 0 Å². The van der Waals surface area contributed by atoms with E-state index in [-0.39, 0.29) is 6.10 Å². The zero-order chi connectivity index (χ0) is 9.26. The van der Waals surface area contributed by atoms with Gasteiger partial charge in [-0.05, 0) is 25.5 Å².